The van der Waals surface area contributed by atoms with E-state index in [0.29, 0.717) is 25.4 Å². The van der Waals surface area contributed by atoms with Crippen LogP contribution in [0.4, 0.5) is 4.79 Å². The van der Waals surface area contributed by atoms with Gasteiger partial charge >= 0.3 is 6.09 Å². The van der Waals surface area contributed by atoms with Gasteiger partial charge in [0.1, 0.15) is 6.61 Å². The summed E-state index contributed by atoms with van der Waals surface area (Å²) in [6.07, 6.45) is 2.99. The van der Waals surface area contributed by atoms with Gasteiger partial charge in [-0.2, -0.15) is 0 Å². The van der Waals surface area contributed by atoms with Gasteiger partial charge in [-0.3, -0.25) is 4.79 Å². The highest BCUT2D eigenvalue weighted by Crippen LogP contribution is 2.42. The molecule has 2 amide bonds. The highest BCUT2D eigenvalue weighted by Gasteiger charge is 2.53. The number of likely N-dealkylation sites (tertiary alicyclic amines) is 1. The van der Waals surface area contributed by atoms with E-state index < -0.39 is 0 Å². The van der Waals surface area contributed by atoms with Crippen LogP contribution >= 0.6 is 11.6 Å². The lowest BCUT2D eigenvalue weighted by Crippen LogP contribution is -2.58. The van der Waals surface area contributed by atoms with Gasteiger partial charge < -0.3 is 15.0 Å². The van der Waals surface area contributed by atoms with Crippen LogP contribution in [0.3, 0.4) is 0 Å². The maximum Gasteiger partial charge on any atom is 0.407 e. The van der Waals surface area contributed by atoms with Crippen LogP contribution in [0.1, 0.15) is 37.2 Å². The van der Waals surface area contributed by atoms with E-state index in [9.17, 15) is 9.59 Å². The minimum atomic E-state index is -0.358. The number of piperidine rings is 1. The van der Waals surface area contributed by atoms with E-state index in [-0.39, 0.29) is 23.5 Å². The number of hydrogen-bond donors (Lipinski definition) is 1. The van der Waals surface area contributed by atoms with Crippen molar-refractivity contribution >= 4 is 23.6 Å². The summed E-state index contributed by atoms with van der Waals surface area (Å²) < 4.78 is 4.97. The largest absolute Gasteiger partial charge is 0.447 e. The number of nitrogens with one attached hydrogen (secondary N) is 1. The number of nitrogens with zero attached hydrogens (tertiary/aromatic N) is 1. The van der Waals surface area contributed by atoms with Gasteiger partial charge in [0.05, 0.1) is 5.54 Å². The third kappa shape index (κ3) is 2.86. The second-order valence-corrected chi connectivity index (χ2v) is 7.68. The lowest BCUT2D eigenvalue weighted by molar-refractivity contribution is -0.142. The standard InChI is InChI=1S/C18H21ClN2O3/c19-15-3-1-2-13(8-15)12-4-6-21(7-5-12)16(22)14-9-18(10-14)11-24-17(23)20-18/h1-3,8,12,14H,4-7,9-11H2,(H,20,23). The zero-order valence-corrected chi connectivity index (χ0v) is 14.2. The van der Waals surface area contributed by atoms with Crippen molar-refractivity contribution in [3.05, 3.63) is 34.9 Å². The Hall–Kier alpha value is -1.75. The molecule has 5 nitrogen and oxygen atoms in total. The van der Waals surface area contributed by atoms with Gasteiger partial charge in [-0.25, -0.2) is 4.79 Å². The van der Waals surface area contributed by atoms with Crippen molar-refractivity contribution in [1.82, 2.24) is 10.2 Å². The van der Waals surface area contributed by atoms with E-state index in [1.807, 2.05) is 23.1 Å². The van der Waals surface area contributed by atoms with Crippen molar-refractivity contribution in [2.24, 2.45) is 5.92 Å². The Morgan fingerprint density at radius 3 is 2.67 bits per heavy atom. The Kier molecular flexibility index (Phi) is 3.91. The average Bonchev–Trinajstić information content (AvgIpc) is 2.95. The third-order valence-corrected chi connectivity index (χ3v) is 5.83. The fourth-order valence-electron chi connectivity index (χ4n) is 4.22. The highest BCUT2D eigenvalue weighted by molar-refractivity contribution is 6.30. The van der Waals surface area contributed by atoms with E-state index in [1.54, 1.807) is 0 Å². The van der Waals surface area contributed by atoms with Crippen molar-refractivity contribution in [3.8, 4) is 0 Å². The quantitative estimate of drug-likeness (QED) is 0.894. The first-order valence-corrected chi connectivity index (χ1v) is 8.92. The Labute approximate surface area is 146 Å². The van der Waals surface area contributed by atoms with Crippen LogP contribution < -0.4 is 5.32 Å². The van der Waals surface area contributed by atoms with Crippen LogP contribution in [0.15, 0.2) is 24.3 Å². The van der Waals surface area contributed by atoms with E-state index >= 15 is 0 Å². The summed E-state index contributed by atoms with van der Waals surface area (Å²) in [5.41, 5.74) is 0.985. The normalized spacial score (nSPS) is 30.0. The number of cyclic esters (lactones) is 1. The Morgan fingerprint density at radius 2 is 2.04 bits per heavy atom. The van der Waals surface area contributed by atoms with Gasteiger partial charge in [0.2, 0.25) is 5.91 Å². The number of carbonyl (C=O) groups excluding carboxylic acids is 2. The molecule has 1 spiro atoms. The molecule has 3 fully saturated rings. The number of amides is 2. The molecule has 2 aliphatic heterocycles. The molecule has 1 saturated carbocycles. The topological polar surface area (TPSA) is 58.6 Å². The molecule has 128 valence electrons. The third-order valence-electron chi connectivity index (χ3n) is 5.60. The van der Waals surface area contributed by atoms with Gasteiger partial charge in [-0.1, -0.05) is 23.7 Å². The number of benzene rings is 1. The smallest absolute Gasteiger partial charge is 0.407 e. The fourth-order valence-corrected chi connectivity index (χ4v) is 4.42. The summed E-state index contributed by atoms with van der Waals surface area (Å²) in [4.78, 5) is 25.8. The lowest BCUT2D eigenvalue weighted by atomic mass is 9.68. The fraction of sp³-hybridized carbons (Fsp3) is 0.556. The molecule has 0 aromatic heterocycles. The summed E-state index contributed by atoms with van der Waals surface area (Å²) in [5, 5.41) is 3.61. The molecule has 1 N–H and O–H groups in total. The van der Waals surface area contributed by atoms with Crippen molar-refractivity contribution in [1.29, 1.82) is 0 Å². The van der Waals surface area contributed by atoms with Crippen LogP contribution in [0.25, 0.3) is 0 Å². The van der Waals surface area contributed by atoms with Gasteiger partial charge in [0, 0.05) is 24.0 Å². The molecule has 24 heavy (non-hydrogen) atoms. The molecular formula is C18H21ClN2O3. The first-order chi connectivity index (χ1) is 11.5. The Balaban J connectivity index is 1.30. The highest BCUT2D eigenvalue weighted by atomic mass is 35.5. The minimum absolute atomic E-state index is 0.0229. The van der Waals surface area contributed by atoms with E-state index in [2.05, 4.69) is 11.4 Å². The molecule has 2 saturated heterocycles. The van der Waals surface area contributed by atoms with Gasteiger partial charge in [-0.05, 0) is 49.3 Å². The molecular weight excluding hydrogens is 328 g/mol. The van der Waals surface area contributed by atoms with Gasteiger partial charge in [-0.15, -0.1) is 0 Å². The molecule has 1 aliphatic carbocycles. The second kappa shape index (κ2) is 5.96. The van der Waals surface area contributed by atoms with Crippen LogP contribution in [0.2, 0.25) is 5.02 Å². The van der Waals surface area contributed by atoms with Crippen molar-refractivity contribution in [2.75, 3.05) is 19.7 Å². The Bertz CT molecular complexity index is 664. The number of hydrogen-bond acceptors (Lipinski definition) is 3. The zero-order chi connectivity index (χ0) is 16.7. The SMILES string of the molecule is O=C1NC2(CO1)CC(C(=O)N1CCC(c3cccc(Cl)c3)CC1)C2. The number of carbonyl (C=O) groups is 2. The molecule has 0 radical (unpaired) electrons. The second-order valence-electron chi connectivity index (χ2n) is 7.24. The van der Waals surface area contributed by atoms with E-state index in [1.165, 1.54) is 5.56 Å². The number of alkyl carbamates (subject to hydrolysis) is 1. The maximum absolute atomic E-state index is 12.7. The predicted octanol–water partition coefficient (Wildman–Crippen LogP) is 2.93. The summed E-state index contributed by atoms with van der Waals surface area (Å²) in [6.45, 7) is 1.98. The average molecular weight is 349 g/mol. The number of ether oxygens (including phenoxy) is 1. The molecule has 3 aliphatic rings. The number of halogens is 1. The van der Waals surface area contributed by atoms with E-state index in [4.69, 9.17) is 16.3 Å². The predicted molar refractivity (Wildman–Crippen MR) is 89.9 cm³/mol. The first kappa shape index (κ1) is 15.8. The summed E-state index contributed by atoms with van der Waals surface area (Å²) in [7, 11) is 0. The lowest BCUT2D eigenvalue weighted by Gasteiger charge is -2.45. The molecule has 1 aromatic carbocycles. The zero-order valence-electron chi connectivity index (χ0n) is 13.5. The van der Waals surface area contributed by atoms with Crippen LogP contribution in [0.5, 0.6) is 0 Å². The molecule has 0 atom stereocenters. The molecule has 0 bridgehead atoms. The molecule has 4 rings (SSSR count). The maximum atomic E-state index is 12.7. The minimum Gasteiger partial charge on any atom is -0.447 e. The van der Waals surface area contributed by atoms with Gasteiger partial charge in [0.15, 0.2) is 0 Å². The van der Waals surface area contributed by atoms with E-state index in [0.717, 1.165) is 31.0 Å². The first-order valence-electron chi connectivity index (χ1n) is 8.54. The molecule has 2 heterocycles. The number of rotatable bonds is 2. The summed E-state index contributed by atoms with van der Waals surface area (Å²) in [5.74, 6) is 0.726. The summed E-state index contributed by atoms with van der Waals surface area (Å²) in [6, 6.07) is 8.03. The molecule has 1 aromatic rings. The van der Waals surface area contributed by atoms with Crippen LogP contribution in [-0.4, -0.2) is 42.1 Å². The van der Waals surface area contributed by atoms with Crippen molar-refractivity contribution < 1.29 is 14.3 Å². The molecule has 0 unspecified atom stereocenters. The van der Waals surface area contributed by atoms with Crippen molar-refractivity contribution in [3.63, 3.8) is 0 Å². The Morgan fingerprint density at radius 1 is 1.29 bits per heavy atom. The van der Waals surface area contributed by atoms with Crippen LogP contribution in [-0.2, 0) is 9.53 Å². The monoisotopic (exact) mass is 348 g/mol. The van der Waals surface area contributed by atoms with Gasteiger partial charge in [0.25, 0.3) is 0 Å². The van der Waals surface area contributed by atoms with Crippen LogP contribution in [0, 0.1) is 5.92 Å². The summed E-state index contributed by atoms with van der Waals surface area (Å²) >= 11 is 6.08. The van der Waals surface area contributed by atoms with Crippen molar-refractivity contribution in [2.45, 2.75) is 37.1 Å². The molecule has 6 heteroatoms.